The van der Waals surface area contributed by atoms with E-state index in [4.69, 9.17) is 5.73 Å². The highest BCUT2D eigenvalue weighted by molar-refractivity contribution is 5.46. The first-order chi connectivity index (χ1) is 7.70. The third kappa shape index (κ3) is 2.27. The minimum atomic E-state index is 0.632. The van der Waals surface area contributed by atoms with Crippen LogP contribution in [0.1, 0.15) is 17.5 Å². The van der Waals surface area contributed by atoms with Gasteiger partial charge < -0.3 is 5.73 Å². The molecule has 0 aromatic heterocycles. The molecule has 1 aromatic rings. The van der Waals surface area contributed by atoms with E-state index in [2.05, 4.69) is 30.7 Å². The van der Waals surface area contributed by atoms with Crippen molar-refractivity contribution < 1.29 is 0 Å². The molecule has 0 spiro atoms. The van der Waals surface area contributed by atoms with E-state index in [0.717, 1.165) is 18.7 Å². The molecule has 0 radical (unpaired) electrons. The fourth-order valence-electron chi connectivity index (χ4n) is 2.49. The summed E-state index contributed by atoms with van der Waals surface area (Å²) in [6.45, 7) is 4.75. The van der Waals surface area contributed by atoms with Crippen molar-refractivity contribution in [2.45, 2.75) is 25.3 Å². The van der Waals surface area contributed by atoms with Gasteiger partial charge in [-0.05, 0) is 49.6 Å². The number of anilines is 1. The molecule has 0 saturated heterocycles. The maximum absolute atomic E-state index is 5.83. The minimum Gasteiger partial charge on any atom is -0.399 e. The molecule has 2 rings (SSSR count). The highest BCUT2D eigenvalue weighted by Gasteiger charge is 2.21. The summed E-state index contributed by atoms with van der Waals surface area (Å²) in [7, 11) is 2.17. The van der Waals surface area contributed by atoms with E-state index in [1.807, 2.05) is 12.1 Å². The van der Waals surface area contributed by atoms with Gasteiger partial charge in [-0.25, -0.2) is 0 Å². The average molecular weight is 216 g/mol. The fraction of sp³-hybridized carbons (Fsp3) is 0.429. The number of aryl methyl sites for hydroxylation is 1. The Balaban J connectivity index is 2.13. The van der Waals surface area contributed by atoms with Crippen molar-refractivity contribution in [3.8, 4) is 0 Å². The lowest BCUT2D eigenvalue weighted by molar-refractivity contribution is 0.244. The van der Waals surface area contributed by atoms with Crippen molar-refractivity contribution in [1.82, 2.24) is 4.90 Å². The van der Waals surface area contributed by atoms with Crippen LogP contribution in [-0.2, 0) is 12.8 Å². The molecule has 0 bridgehead atoms. The van der Waals surface area contributed by atoms with Crippen molar-refractivity contribution in [1.29, 1.82) is 0 Å². The third-order valence-electron chi connectivity index (χ3n) is 3.47. The zero-order valence-corrected chi connectivity index (χ0v) is 9.95. The second-order valence-corrected chi connectivity index (χ2v) is 4.65. The molecule has 0 saturated carbocycles. The smallest absolute Gasteiger partial charge is 0.0316 e. The monoisotopic (exact) mass is 216 g/mol. The summed E-state index contributed by atoms with van der Waals surface area (Å²) >= 11 is 0. The minimum absolute atomic E-state index is 0.632. The van der Waals surface area contributed by atoms with Crippen molar-refractivity contribution in [2.75, 3.05) is 19.3 Å². The Bertz CT molecular complexity index is 384. The van der Waals surface area contributed by atoms with Gasteiger partial charge >= 0.3 is 0 Å². The largest absolute Gasteiger partial charge is 0.399 e. The van der Waals surface area contributed by atoms with E-state index >= 15 is 0 Å². The Labute approximate surface area is 97.8 Å². The summed E-state index contributed by atoms with van der Waals surface area (Å²) < 4.78 is 0. The van der Waals surface area contributed by atoms with Crippen LogP contribution in [0.5, 0.6) is 0 Å². The first kappa shape index (κ1) is 11.2. The highest BCUT2D eigenvalue weighted by atomic mass is 15.1. The molecule has 1 aliphatic rings. The SMILES string of the molecule is C=CCN(C)C1CCc2ccc(N)cc2C1. The molecule has 1 unspecified atom stereocenters. The quantitative estimate of drug-likeness (QED) is 0.620. The number of likely N-dealkylation sites (N-methyl/N-ethyl adjacent to an activating group) is 1. The Morgan fingerprint density at radius 1 is 1.50 bits per heavy atom. The predicted octanol–water partition coefficient (Wildman–Crippen LogP) is 2.24. The van der Waals surface area contributed by atoms with Crippen molar-refractivity contribution in [2.24, 2.45) is 0 Å². The zero-order valence-electron chi connectivity index (χ0n) is 9.95. The normalized spacial score (nSPS) is 19.5. The number of hydrogen-bond donors (Lipinski definition) is 1. The van der Waals surface area contributed by atoms with Crippen molar-refractivity contribution in [3.05, 3.63) is 42.0 Å². The summed E-state index contributed by atoms with van der Waals surface area (Å²) in [6.07, 6.45) is 5.49. The summed E-state index contributed by atoms with van der Waals surface area (Å²) in [5, 5.41) is 0. The molecule has 2 N–H and O–H groups in total. The Morgan fingerprint density at radius 2 is 2.31 bits per heavy atom. The summed E-state index contributed by atoms with van der Waals surface area (Å²) in [5.41, 5.74) is 9.61. The van der Waals surface area contributed by atoms with Crippen LogP contribution in [0, 0.1) is 0 Å². The van der Waals surface area contributed by atoms with Gasteiger partial charge in [0.1, 0.15) is 0 Å². The number of hydrogen-bond acceptors (Lipinski definition) is 2. The zero-order chi connectivity index (χ0) is 11.5. The number of nitrogens with two attached hydrogens (primary N) is 1. The van der Waals surface area contributed by atoms with E-state index in [1.165, 1.54) is 24.0 Å². The molecular formula is C14H20N2. The number of benzene rings is 1. The molecule has 1 aromatic carbocycles. The number of nitrogens with zero attached hydrogens (tertiary/aromatic N) is 1. The Morgan fingerprint density at radius 3 is 3.06 bits per heavy atom. The summed E-state index contributed by atoms with van der Waals surface area (Å²) in [6, 6.07) is 6.94. The maximum atomic E-state index is 5.83. The van der Waals surface area contributed by atoms with Crippen LogP contribution in [-0.4, -0.2) is 24.5 Å². The molecule has 1 aliphatic carbocycles. The fourth-order valence-corrected chi connectivity index (χ4v) is 2.49. The van der Waals surface area contributed by atoms with Gasteiger partial charge in [-0.3, -0.25) is 4.90 Å². The van der Waals surface area contributed by atoms with Crippen molar-refractivity contribution >= 4 is 5.69 Å². The topological polar surface area (TPSA) is 29.3 Å². The van der Waals surface area contributed by atoms with Crippen LogP contribution in [0.25, 0.3) is 0 Å². The van der Waals surface area contributed by atoms with Gasteiger partial charge in [0.15, 0.2) is 0 Å². The van der Waals surface area contributed by atoms with E-state index < -0.39 is 0 Å². The van der Waals surface area contributed by atoms with E-state index in [1.54, 1.807) is 0 Å². The molecule has 0 aliphatic heterocycles. The molecule has 0 fully saturated rings. The lowest BCUT2D eigenvalue weighted by Crippen LogP contribution is -2.36. The standard InChI is InChI=1S/C14H20N2/c1-3-8-16(2)14-7-5-11-4-6-13(15)9-12(11)10-14/h3-4,6,9,14H,1,5,7-8,10,15H2,2H3. The van der Waals surface area contributed by atoms with Gasteiger partial charge in [0, 0.05) is 18.3 Å². The van der Waals surface area contributed by atoms with Gasteiger partial charge in [-0.15, -0.1) is 6.58 Å². The van der Waals surface area contributed by atoms with E-state index in [9.17, 15) is 0 Å². The van der Waals surface area contributed by atoms with Crippen LogP contribution in [0.4, 0.5) is 5.69 Å². The first-order valence-corrected chi connectivity index (χ1v) is 5.89. The van der Waals surface area contributed by atoms with Crippen LogP contribution in [0.15, 0.2) is 30.9 Å². The van der Waals surface area contributed by atoms with E-state index in [-0.39, 0.29) is 0 Å². The van der Waals surface area contributed by atoms with Crippen molar-refractivity contribution in [3.63, 3.8) is 0 Å². The molecule has 16 heavy (non-hydrogen) atoms. The summed E-state index contributed by atoms with van der Waals surface area (Å²) in [4.78, 5) is 2.37. The average Bonchev–Trinajstić information content (AvgIpc) is 2.28. The van der Waals surface area contributed by atoms with Crippen LogP contribution >= 0.6 is 0 Å². The van der Waals surface area contributed by atoms with Crippen LogP contribution in [0.2, 0.25) is 0 Å². The van der Waals surface area contributed by atoms with Crippen LogP contribution in [0.3, 0.4) is 0 Å². The molecule has 0 heterocycles. The second-order valence-electron chi connectivity index (χ2n) is 4.65. The van der Waals surface area contributed by atoms with Gasteiger partial charge in [0.05, 0.1) is 0 Å². The highest BCUT2D eigenvalue weighted by Crippen LogP contribution is 2.25. The lowest BCUT2D eigenvalue weighted by Gasteiger charge is -2.31. The number of fused-ring (bicyclic) bond motifs is 1. The Hall–Kier alpha value is -1.28. The number of rotatable bonds is 3. The second kappa shape index (κ2) is 4.71. The van der Waals surface area contributed by atoms with Gasteiger partial charge in [0.2, 0.25) is 0 Å². The van der Waals surface area contributed by atoms with Gasteiger partial charge in [-0.1, -0.05) is 12.1 Å². The summed E-state index contributed by atoms with van der Waals surface area (Å²) in [5.74, 6) is 0. The van der Waals surface area contributed by atoms with Crippen LogP contribution < -0.4 is 5.73 Å². The third-order valence-corrected chi connectivity index (χ3v) is 3.47. The Kier molecular flexibility index (Phi) is 3.30. The molecular weight excluding hydrogens is 196 g/mol. The molecule has 2 heteroatoms. The molecule has 1 atom stereocenters. The van der Waals surface area contributed by atoms with Gasteiger partial charge in [0.25, 0.3) is 0 Å². The first-order valence-electron chi connectivity index (χ1n) is 5.89. The lowest BCUT2D eigenvalue weighted by atomic mass is 9.87. The molecule has 86 valence electrons. The van der Waals surface area contributed by atoms with E-state index in [0.29, 0.717) is 6.04 Å². The number of nitrogen functional groups attached to an aromatic ring is 1. The van der Waals surface area contributed by atoms with Gasteiger partial charge in [-0.2, -0.15) is 0 Å². The maximum Gasteiger partial charge on any atom is 0.0316 e. The molecule has 0 amide bonds. The predicted molar refractivity (Wildman–Crippen MR) is 69.5 cm³/mol. The molecule has 2 nitrogen and oxygen atoms in total.